The highest BCUT2D eigenvalue weighted by atomic mass is 16.2. The lowest BCUT2D eigenvalue weighted by Gasteiger charge is -2.23. The van der Waals surface area contributed by atoms with Crippen molar-refractivity contribution >= 4 is 11.8 Å². The van der Waals surface area contributed by atoms with Gasteiger partial charge in [-0.15, -0.1) is 0 Å². The zero-order valence-corrected chi connectivity index (χ0v) is 10.1. The summed E-state index contributed by atoms with van der Waals surface area (Å²) in [6, 6.07) is 0. The molecule has 1 rings (SSSR count). The molecule has 1 atom stereocenters. The van der Waals surface area contributed by atoms with Crippen molar-refractivity contribution in [1.82, 2.24) is 9.80 Å². The number of amides is 2. The molecular formula is C11H21N3O2. The van der Waals surface area contributed by atoms with E-state index in [0.717, 1.165) is 25.9 Å². The number of rotatable bonds is 4. The van der Waals surface area contributed by atoms with Crippen LogP contribution < -0.4 is 5.73 Å². The normalized spacial score (nSPS) is 17.3. The molecule has 1 unspecified atom stereocenters. The molecule has 0 aliphatic carbocycles. The predicted octanol–water partition coefficient (Wildman–Crippen LogP) is -0.338. The molecular weight excluding hydrogens is 206 g/mol. The molecule has 0 radical (unpaired) electrons. The van der Waals surface area contributed by atoms with E-state index in [0.29, 0.717) is 6.54 Å². The summed E-state index contributed by atoms with van der Waals surface area (Å²) in [4.78, 5) is 26.8. The Morgan fingerprint density at radius 1 is 1.38 bits per heavy atom. The number of hydrogen-bond acceptors (Lipinski definition) is 3. The summed E-state index contributed by atoms with van der Waals surface area (Å²) in [6.07, 6.45) is 2.14. The van der Waals surface area contributed by atoms with E-state index in [1.165, 1.54) is 4.90 Å². The first-order chi connectivity index (χ1) is 7.56. The molecule has 5 heteroatoms. The van der Waals surface area contributed by atoms with Crippen LogP contribution in [0.5, 0.6) is 0 Å². The molecule has 0 aromatic carbocycles. The molecule has 0 aromatic rings. The summed E-state index contributed by atoms with van der Waals surface area (Å²) in [5.41, 5.74) is 5.42. The van der Waals surface area contributed by atoms with Gasteiger partial charge in [0, 0.05) is 32.6 Å². The smallest absolute Gasteiger partial charge is 0.242 e. The average Bonchev–Trinajstić information content (AvgIpc) is 2.80. The van der Waals surface area contributed by atoms with Gasteiger partial charge in [-0.25, -0.2) is 0 Å². The van der Waals surface area contributed by atoms with Crippen LogP contribution in [0.25, 0.3) is 0 Å². The van der Waals surface area contributed by atoms with Gasteiger partial charge in [-0.1, -0.05) is 6.92 Å². The SMILES string of the molecule is CC(CN)C(=O)N(C)CC(=O)N1CCCC1. The molecule has 2 N–H and O–H groups in total. The summed E-state index contributed by atoms with van der Waals surface area (Å²) in [6.45, 7) is 3.92. The Hall–Kier alpha value is -1.10. The molecule has 1 fully saturated rings. The minimum Gasteiger partial charge on any atom is -0.341 e. The van der Waals surface area contributed by atoms with Gasteiger partial charge in [-0.05, 0) is 12.8 Å². The van der Waals surface area contributed by atoms with Crippen LogP contribution in [0.2, 0.25) is 0 Å². The lowest BCUT2D eigenvalue weighted by Crippen LogP contribution is -2.42. The Balaban J connectivity index is 2.40. The van der Waals surface area contributed by atoms with Crippen LogP contribution in [0.15, 0.2) is 0 Å². The second-order valence-corrected chi connectivity index (χ2v) is 4.42. The molecule has 1 heterocycles. The van der Waals surface area contributed by atoms with Crippen molar-refractivity contribution in [2.24, 2.45) is 11.7 Å². The van der Waals surface area contributed by atoms with Gasteiger partial charge in [0.1, 0.15) is 0 Å². The molecule has 0 saturated carbocycles. The molecule has 0 bridgehead atoms. The lowest BCUT2D eigenvalue weighted by atomic mass is 10.1. The summed E-state index contributed by atoms with van der Waals surface area (Å²) in [7, 11) is 1.66. The molecule has 2 amide bonds. The fourth-order valence-electron chi connectivity index (χ4n) is 1.82. The molecule has 16 heavy (non-hydrogen) atoms. The Morgan fingerprint density at radius 2 is 1.94 bits per heavy atom. The summed E-state index contributed by atoms with van der Waals surface area (Å²) < 4.78 is 0. The van der Waals surface area contributed by atoms with E-state index in [9.17, 15) is 9.59 Å². The third-order valence-corrected chi connectivity index (χ3v) is 2.98. The zero-order valence-electron chi connectivity index (χ0n) is 10.1. The first-order valence-corrected chi connectivity index (χ1v) is 5.79. The molecule has 0 aromatic heterocycles. The maximum Gasteiger partial charge on any atom is 0.242 e. The van der Waals surface area contributed by atoms with E-state index >= 15 is 0 Å². The van der Waals surface area contributed by atoms with Crippen molar-refractivity contribution in [3.63, 3.8) is 0 Å². The van der Waals surface area contributed by atoms with Crippen molar-refractivity contribution in [1.29, 1.82) is 0 Å². The van der Waals surface area contributed by atoms with Gasteiger partial charge in [-0.3, -0.25) is 9.59 Å². The number of likely N-dealkylation sites (tertiary alicyclic amines) is 1. The average molecular weight is 227 g/mol. The minimum atomic E-state index is -0.212. The molecule has 0 spiro atoms. The standard InChI is InChI=1S/C11H21N3O2/c1-9(7-12)11(16)13(2)8-10(15)14-5-3-4-6-14/h9H,3-8,12H2,1-2H3. The summed E-state index contributed by atoms with van der Waals surface area (Å²) in [5.74, 6) is -0.232. The Bertz CT molecular complexity index is 262. The topological polar surface area (TPSA) is 66.6 Å². The summed E-state index contributed by atoms with van der Waals surface area (Å²) in [5, 5.41) is 0. The highest BCUT2D eigenvalue weighted by molar-refractivity contribution is 5.85. The first kappa shape index (κ1) is 13.0. The van der Waals surface area contributed by atoms with Gasteiger partial charge in [0.25, 0.3) is 0 Å². The first-order valence-electron chi connectivity index (χ1n) is 5.79. The van der Waals surface area contributed by atoms with E-state index in [1.54, 1.807) is 14.0 Å². The quantitative estimate of drug-likeness (QED) is 0.714. The van der Waals surface area contributed by atoms with E-state index in [2.05, 4.69) is 0 Å². The minimum absolute atomic E-state index is 0.0394. The van der Waals surface area contributed by atoms with Gasteiger partial charge in [0.2, 0.25) is 11.8 Å². The third kappa shape index (κ3) is 3.20. The maximum absolute atomic E-state index is 11.8. The second-order valence-electron chi connectivity index (χ2n) is 4.42. The van der Waals surface area contributed by atoms with Crippen LogP contribution in [-0.4, -0.2) is 54.8 Å². The van der Waals surface area contributed by atoms with Gasteiger partial charge >= 0.3 is 0 Å². The van der Waals surface area contributed by atoms with E-state index in [1.807, 2.05) is 4.90 Å². The number of carbonyl (C=O) groups is 2. The Labute approximate surface area is 96.6 Å². The van der Waals surface area contributed by atoms with Crippen molar-refractivity contribution < 1.29 is 9.59 Å². The fraction of sp³-hybridized carbons (Fsp3) is 0.818. The number of carbonyl (C=O) groups excluding carboxylic acids is 2. The highest BCUT2D eigenvalue weighted by Gasteiger charge is 2.22. The van der Waals surface area contributed by atoms with E-state index < -0.39 is 0 Å². The number of likely N-dealkylation sites (N-methyl/N-ethyl adjacent to an activating group) is 1. The van der Waals surface area contributed by atoms with Crippen molar-refractivity contribution in [3.05, 3.63) is 0 Å². The lowest BCUT2D eigenvalue weighted by molar-refractivity contribution is -0.140. The predicted molar refractivity (Wildman–Crippen MR) is 61.7 cm³/mol. The zero-order chi connectivity index (χ0) is 12.1. The number of nitrogens with two attached hydrogens (primary N) is 1. The van der Waals surface area contributed by atoms with Crippen LogP contribution in [-0.2, 0) is 9.59 Å². The van der Waals surface area contributed by atoms with E-state index in [-0.39, 0.29) is 24.3 Å². The van der Waals surface area contributed by atoms with Crippen LogP contribution in [0.3, 0.4) is 0 Å². The van der Waals surface area contributed by atoms with Crippen molar-refractivity contribution in [3.8, 4) is 0 Å². The second kappa shape index (κ2) is 5.84. The number of nitrogens with zero attached hydrogens (tertiary/aromatic N) is 2. The van der Waals surface area contributed by atoms with Crippen LogP contribution in [0, 0.1) is 5.92 Å². The van der Waals surface area contributed by atoms with Gasteiger partial charge in [-0.2, -0.15) is 0 Å². The van der Waals surface area contributed by atoms with Crippen LogP contribution in [0.1, 0.15) is 19.8 Å². The third-order valence-electron chi connectivity index (χ3n) is 2.98. The highest BCUT2D eigenvalue weighted by Crippen LogP contribution is 2.08. The van der Waals surface area contributed by atoms with Crippen molar-refractivity contribution in [2.75, 3.05) is 33.2 Å². The largest absolute Gasteiger partial charge is 0.341 e. The Kier molecular flexibility index (Phi) is 4.73. The summed E-state index contributed by atoms with van der Waals surface area (Å²) >= 11 is 0. The number of hydrogen-bond donors (Lipinski definition) is 1. The molecule has 1 saturated heterocycles. The molecule has 1 aliphatic rings. The maximum atomic E-state index is 11.8. The molecule has 1 aliphatic heterocycles. The van der Waals surface area contributed by atoms with Crippen LogP contribution in [0.4, 0.5) is 0 Å². The van der Waals surface area contributed by atoms with Gasteiger partial charge in [0.05, 0.1) is 6.54 Å². The molecule has 92 valence electrons. The van der Waals surface area contributed by atoms with Gasteiger partial charge in [0.15, 0.2) is 0 Å². The molecule has 5 nitrogen and oxygen atoms in total. The monoisotopic (exact) mass is 227 g/mol. The van der Waals surface area contributed by atoms with Crippen LogP contribution >= 0.6 is 0 Å². The van der Waals surface area contributed by atoms with Crippen molar-refractivity contribution in [2.45, 2.75) is 19.8 Å². The van der Waals surface area contributed by atoms with Gasteiger partial charge < -0.3 is 15.5 Å². The fourth-order valence-corrected chi connectivity index (χ4v) is 1.82. The Morgan fingerprint density at radius 3 is 2.44 bits per heavy atom. The van der Waals surface area contributed by atoms with E-state index in [4.69, 9.17) is 5.73 Å².